The van der Waals surface area contributed by atoms with Crippen LogP contribution in [0.2, 0.25) is 0 Å². The Bertz CT molecular complexity index is 2930. The molecule has 0 saturated heterocycles. The summed E-state index contributed by atoms with van der Waals surface area (Å²) in [6.45, 7) is 0. The molecule has 0 unspecified atom stereocenters. The second kappa shape index (κ2) is 12.5. The van der Waals surface area contributed by atoms with Crippen LogP contribution in [0.5, 0.6) is 0 Å². The predicted molar refractivity (Wildman–Crippen MR) is 219 cm³/mol. The van der Waals surface area contributed by atoms with E-state index in [0.717, 1.165) is 33.5 Å². The maximum atomic E-state index is 5.16. The standard InChI is InChI=1S/C50H32N2/c1-3-11-33(12-4-1)34-19-21-37(22-20-34)48-32-47(36-14-5-2-6-15-36)51-50(52-48)42-26-24-38-29-41(25-23-39(38)30-42)49-44-18-10-8-16-40(44)31-46-43-17-9-7-13-35(43)27-28-45(46)49/h1-32H. The van der Waals surface area contributed by atoms with Gasteiger partial charge in [-0.05, 0) is 89.6 Å². The van der Waals surface area contributed by atoms with Crippen LogP contribution in [0.25, 0.3) is 99.2 Å². The summed E-state index contributed by atoms with van der Waals surface area (Å²) < 4.78 is 0. The van der Waals surface area contributed by atoms with Gasteiger partial charge in [-0.25, -0.2) is 9.97 Å². The van der Waals surface area contributed by atoms with Crippen molar-refractivity contribution in [1.82, 2.24) is 9.97 Å². The third-order valence-electron chi connectivity index (χ3n) is 10.2. The van der Waals surface area contributed by atoms with E-state index >= 15 is 0 Å². The van der Waals surface area contributed by atoms with Gasteiger partial charge in [0.2, 0.25) is 0 Å². The first-order valence-corrected chi connectivity index (χ1v) is 17.7. The molecule has 10 aromatic rings. The minimum atomic E-state index is 0.710. The monoisotopic (exact) mass is 660 g/mol. The highest BCUT2D eigenvalue weighted by molar-refractivity contribution is 6.20. The molecule has 9 aromatic carbocycles. The molecule has 1 heterocycles. The third-order valence-corrected chi connectivity index (χ3v) is 10.2. The lowest BCUT2D eigenvalue weighted by Crippen LogP contribution is -1.96. The largest absolute Gasteiger partial charge is 0.228 e. The molecule has 0 saturated carbocycles. The van der Waals surface area contributed by atoms with Gasteiger partial charge in [0.1, 0.15) is 0 Å². The van der Waals surface area contributed by atoms with Crippen LogP contribution in [0, 0.1) is 0 Å². The Morgan fingerprint density at radius 1 is 0.250 bits per heavy atom. The zero-order valence-corrected chi connectivity index (χ0v) is 28.4. The fourth-order valence-electron chi connectivity index (χ4n) is 7.62. The first-order valence-electron chi connectivity index (χ1n) is 17.7. The Kier molecular flexibility index (Phi) is 7.18. The molecule has 1 aromatic heterocycles. The van der Waals surface area contributed by atoms with E-state index in [-0.39, 0.29) is 0 Å². The normalized spacial score (nSPS) is 11.5. The highest BCUT2D eigenvalue weighted by Crippen LogP contribution is 2.40. The summed E-state index contributed by atoms with van der Waals surface area (Å²) in [6, 6.07) is 69.3. The van der Waals surface area contributed by atoms with E-state index < -0.39 is 0 Å². The summed E-state index contributed by atoms with van der Waals surface area (Å²) in [5.41, 5.74) is 9.77. The van der Waals surface area contributed by atoms with Crippen molar-refractivity contribution in [3.63, 3.8) is 0 Å². The summed E-state index contributed by atoms with van der Waals surface area (Å²) in [7, 11) is 0. The molecule has 52 heavy (non-hydrogen) atoms. The summed E-state index contributed by atoms with van der Waals surface area (Å²) in [5.74, 6) is 0.710. The van der Waals surface area contributed by atoms with Crippen LogP contribution >= 0.6 is 0 Å². The minimum absolute atomic E-state index is 0.710. The van der Waals surface area contributed by atoms with Crippen molar-refractivity contribution in [1.29, 1.82) is 0 Å². The summed E-state index contributed by atoms with van der Waals surface area (Å²) in [6.07, 6.45) is 0. The lowest BCUT2D eigenvalue weighted by atomic mass is 9.89. The van der Waals surface area contributed by atoms with E-state index in [4.69, 9.17) is 9.97 Å². The Labute approximate surface area is 302 Å². The number of hydrogen-bond donors (Lipinski definition) is 0. The molecular formula is C50H32N2. The van der Waals surface area contributed by atoms with E-state index in [1.54, 1.807) is 0 Å². The van der Waals surface area contributed by atoms with E-state index in [1.807, 2.05) is 12.1 Å². The SMILES string of the molecule is c1ccc(-c2ccc(-c3cc(-c4ccccc4)nc(-c4ccc5cc(-c6c7ccccc7cc7c6ccc6ccccc67)ccc5c4)n3)cc2)cc1. The Hall–Kier alpha value is -6.90. The van der Waals surface area contributed by atoms with E-state index in [2.05, 4.69) is 182 Å². The molecule has 2 heteroatoms. The number of nitrogens with zero attached hydrogens (tertiary/aromatic N) is 2. The van der Waals surface area contributed by atoms with Crippen LogP contribution in [0.3, 0.4) is 0 Å². The van der Waals surface area contributed by atoms with Gasteiger partial charge in [-0.1, -0.05) is 170 Å². The van der Waals surface area contributed by atoms with E-state index in [9.17, 15) is 0 Å². The van der Waals surface area contributed by atoms with E-state index in [1.165, 1.54) is 60.0 Å². The van der Waals surface area contributed by atoms with Crippen LogP contribution < -0.4 is 0 Å². The fraction of sp³-hybridized carbons (Fsp3) is 0. The lowest BCUT2D eigenvalue weighted by Gasteiger charge is -2.15. The number of rotatable bonds is 5. The molecular weight excluding hydrogens is 629 g/mol. The molecule has 10 rings (SSSR count). The van der Waals surface area contributed by atoms with Crippen LogP contribution in [0.1, 0.15) is 0 Å². The lowest BCUT2D eigenvalue weighted by molar-refractivity contribution is 1.18. The van der Waals surface area contributed by atoms with Crippen molar-refractivity contribution in [3.05, 3.63) is 194 Å². The zero-order valence-electron chi connectivity index (χ0n) is 28.4. The second-order valence-electron chi connectivity index (χ2n) is 13.4. The first-order chi connectivity index (χ1) is 25.7. The van der Waals surface area contributed by atoms with Gasteiger partial charge in [-0.15, -0.1) is 0 Å². The van der Waals surface area contributed by atoms with Gasteiger partial charge in [0, 0.05) is 16.7 Å². The van der Waals surface area contributed by atoms with Crippen molar-refractivity contribution in [2.75, 3.05) is 0 Å². The van der Waals surface area contributed by atoms with Crippen molar-refractivity contribution in [2.45, 2.75) is 0 Å². The Morgan fingerprint density at radius 3 is 1.48 bits per heavy atom. The zero-order chi connectivity index (χ0) is 34.4. The van der Waals surface area contributed by atoms with Gasteiger partial charge >= 0.3 is 0 Å². The minimum Gasteiger partial charge on any atom is -0.228 e. The number of aromatic nitrogens is 2. The molecule has 0 aliphatic rings. The smallest absolute Gasteiger partial charge is 0.160 e. The number of benzene rings is 9. The van der Waals surface area contributed by atoms with Gasteiger partial charge < -0.3 is 0 Å². The average Bonchev–Trinajstić information content (AvgIpc) is 3.23. The molecule has 2 nitrogen and oxygen atoms in total. The van der Waals surface area contributed by atoms with Crippen molar-refractivity contribution >= 4 is 43.1 Å². The van der Waals surface area contributed by atoms with Gasteiger partial charge in [-0.2, -0.15) is 0 Å². The molecule has 0 spiro atoms. The Morgan fingerprint density at radius 2 is 0.750 bits per heavy atom. The fourth-order valence-corrected chi connectivity index (χ4v) is 7.62. The summed E-state index contributed by atoms with van der Waals surface area (Å²) >= 11 is 0. The van der Waals surface area contributed by atoms with Gasteiger partial charge in [0.05, 0.1) is 11.4 Å². The van der Waals surface area contributed by atoms with Crippen LogP contribution in [0.15, 0.2) is 194 Å². The molecule has 0 aliphatic heterocycles. The molecule has 0 N–H and O–H groups in total. The molecule has 0 aliphatic carbocycles. The van der Waals surface area contributed by atoms with Crippen LogP contribution in [-0.4, -0.2) is 9.97 Å². The van der Waals surface area contributed by atoms with E-state index in [0.29, 0.717) is 5.82 Å². The molecule has 0 bridgehead atoms. The highest BCUT2D eigenvalue weighted by atomic mass is 14.9. The Balaban J connectivity index is 1.09. The maximum absolute atomic E-state index is 5.16. The molecule has 0 radical (unpaired) electrons. The quantitative estimate of drug-likeness (QED) is 0.136. The van der Waals surface area contributed by atoms with Gasteiger partial charge in [0.25, 0.3) is 0 Å². The maximum Gasteiger partial charge on any atom is 0.160 e. The van der Waals surface area contributed by atoms with Crippen molar-refractivity contribution in [2.24, 2.45) is 0 Å². The predicted octanol–water partition coefficient (Wildman–Crippen LogP) is 13.4. The molecule has 0 atom stereocenters. The van der Waals surface area contributed by atoms with Gasteiger partial charge in [0.15, 0.2) is 5.82 Å². The molecule has 0 fully saturated rings. The first kappa shape index (κ1) is 30.0. The van der Waals surface area contributed by atoms with Crippen LogP contribution in [-0.2, 0) is 0 Å². The second-order valence-corrected chi connectivity index (χ2v) is 13.4. The molecule has 242 valence electrons. The number of hydrogen-bond acceptors (Lipinski definition) is 2. The van der Waals surface area contributed by atoms with Crippen molar-refractivity contribution < 1.29 is 0 Å². The molecule has 0 amide bonds. The average molecular weight is 661 g/mol. The summed E-state index contributed by atoms with van der Waals surface area (Å²) in [5, 5.41) is 9.93. The van der Waals surface area contributed by atoms with Gasteiger partial charge in [-0.3, -0.25) is 0 Å². The number of fused-ring (bicyclic) bond motifs is 5. The summed E-state index contributed by atoms with van der Waals surface area (Å²) in [4.78, 5) is 10.3. The van der Waals surface area contributed by atoms with Crippen LogP contribution in [0.4, 0.5) is 0 Å². The third kappa shape index (κ3) is 5.30. The highest BCUT2D eigenvalue weighted by Gasteiger charge is 2.15. The topological polar surface area (TPSA) is 25.8 Å². The van der Waals surface area contributed by atoms with Crippen molar-refractivity contribution in [3.8, 4) is 56.2 Å².